The number of fused-ring (bicyclic) bond motifs is 1. The van der Waals surface area contributed by atoms with Crippen LogP contribution in [0.3, 0.4) is 0 Å². The minimum absolute atomic E-state index is 0.167. The van der Waals surface area contributed by atoms with E-state index in [0.29, 0.717) is 16.9 Å². The number of pyridine rings is 1. The van der Waals surface area contributed by atoms with E-state index in [0.717, 1.165) is 12.1 Å². The van der Waals surface area contributed by atoms with Crippen LogP contribution in [0.1, 0.15) is 28.3 Å². The predicted molar refractivity (Wildman–Crippen MR) is 102 cm³/mol. The monoisotopic (exact) mass is 435 g/mol. The van der Waals surface area contributed by atoms with Crippen LogP contribution in [-0.4, -0.2) is 28.0 Å². The van der Waals surface area contributed by atoms with Gasteiger partial charge in [-0.3, -0.25) is 0 Å². The molecule has 5 nitrogen and oxygen atoms in total. The van der Waals surface area contributed by atoms with Crippen LogP contribution < -0.4 is 4.74 Å². The van der Waals surface area contributed by atoms with Gasteiger partial charge in [0.1, 0.15) is 23.2 Å². The van der Waals surface area contributed by atoms with Gasteiger partial charge < -0.3 is 19.7 Å². The number of para-hydroxylation sites is 1. The van der Waals surface area contributed by atoms with Gasteiger partial charge in [-0.2, -0.15) is 13.2 Å². The highest BCUT2D eigenvalue weighted by molar-refractivity contribution is 5.64. The molecular weight excluding hydrogens is 418 g/mol. The molecule has 1 aliphatic carbocycles. The summed E-state index contributed by atoms with van der Waals surface area (Å²) in [7, 11) is 0. The lowest BCUT2D eigenvalue weighted by Gasteiger charge is -2.21. The Labute approximate surface area is 174 Å². The van der Waals surface area contributed by atoms with E-state index in [9.17, 15) is 27.8 Å². The lowest BCUT2D eigenvalue weighted by Crippen LogP contribution is -2.25. The molecule has 0 amide bonds. The SMILES string of the molecule is Oc1cc(C(COCc2ccc(F)c(Oc3ccccc3)n2)C(F)(F)F)c(O)c2c1C2. The average molecular weight is 435 g/mol. The van der Waals surface area contributed by atoms with E-state index in [2.05, 4.69) is 4.98 Å². The van der Waals surface area contributed by atoms with Crippen molar-refractivity contribution in [2.75, 3.05) is 6.61 Å². The first kappa shape index (κ1) is 20.9. The molecule has 0 fully saturated rings. The zero-order valence-electron chi connectivity index (χ0n) is 16.0. The number of rotatable bonds is 7. The van der Waals surface area contributed by atoms with Gasteiger partial charge in [-0.05, 0) is 30.3 Å². The van der Waals surface area contributed by atoms with Crippen LogP contribution >= 0.6 is 0 Å². The molecule has 1 aliphatic rings. The van der Waals surface area contributed by atoms with Gasteiger partial charge in [0.05, 0.1) is 18.9 Å². The summed E-state index contributed by atoms with van der Waals surface area (Å²) in [6.45, 7) is -1.15. The standard InChI is InChI=1S/C22H17F4NO4/c23-18-7-6-12(27-21(18)31-13-4-2-1-3-5-13)10-30-11-17(22(24,25)26)16-9-19(28)14-8-15(14)20(16)29/h1-7,9,17,28-29H,8,10-11H2. The summed E-state index contributed by atoms with van der Waals surface area (Å²) >= 11 is 0. The molecule has 2 aromatic carbocycles. The van der Waals surface area contributed by atoms with Crippen molar-refractivity contribution in [1.29, 1.82) is 0 Å². The average Bonchev–Trinajstić information content (AvgIpc) is 3.52. The summed E-state index contributed by atoms with van der Waals surface area (Å²) in [4.78, 5) is 3.96. The van der Waals surface area contributed by atoms with Crippen molar-refractivity contribution < 1.29 is 37.2 Å². The Kier molecular flexibility index (Phi) is 5.45. The Balaban J connectivity index is 1.47. The molecule has 1 atom stereocenters. The molecule has 4 rings (SSSR count). The molecule has 31 heavy (non-hydrogen) atoms. The van der Waals surface area contributed by atoms with E-state index in [1.54, 1.807) is 30.3 Å². The first-order chi connectivity index (χ1) is 14.7. The molecular formula is C22H17F4NO4. The second-order valence-electron chi connectivity index (χ2n) is 7.08. The van der Waals surface area contributed by atoms with Crippen molar-refractivity contribution in [3.63, 3.8) is 0 Å². The zero-order valence-corrected chi connectivity index (χ0v) is 16.0. The first-order valence-corrected chi connectivity index (χ1v) is 9.33. The smallest absolute Gasteiger partial charge is 0.398 e. The van der Waals surface area contributed by atoms with Crippen LogP contribution in [0.4, 0.5) is 17.6 Å². The maximum Gasteiger partial charge on any atom is 0.398 e. The molecule has 9 heteroatoms. The molecule has 2 N–H and O–H groups in total. The highest BCUT2D eigenvalue weighted by Crippen LogP contribution is 2.50. The van der Waals surface area contributed by atoms with Gasteiger partial charge in [-0.25, -0.2) is 9.37 Å². The van der Waals surface area contributed by atoms with E-state index in [1.165, 1.54) is 6.07 Å². The Morgan fingerprint density at radius 3 is 2.48 bits per heavy atom. The van der Waals surface area contributed by atoms with E-state index in [-0.39, 0.29) is 30.4 Å². The summed E-state index contributed by atoms with van der Waals surface area (Å²) < 4.78 is 65.3. The van der Waals surface area contributed by atoms with Gasteiger partial charge >= 0.3 is 6.18 Å². The Morgan fingerprint density at radius 2 is 1.77 bits per heavy atom. The highest BCUT2D eigenvalue weighted by atomic mass is 19.4. The number of alkyl halides is 3. The van der Waals surface area contributed by atoms with Crippen molar-refractivity contribution >= 4 is 0 Å². The van der Waals surface area contributed by atoms with Crippen molar-refractivity contribution in [3.8, 4) is 23.1 Å². The maximum absolute atomic E-state index is 14.0. The second-order valence-corrected chi connectivity index (χ2v) is 7.08. The lowest BCUT2D eigenvalue weighted by atomic mass is 9.98. The van der Waals surface area contributed by atoms with Gasteiger partial charge in [0.15, 0.2) is 5.82 Å². The van der Waals surface area contributed by atoms with Crippen LogP contribution in [-0.2, 0) is 17.8 Å². The summed E-state index contributed by atoms with van der Waals surface area (Å²) in [5.74, 6) is -3.60. The minimum atomic E-state index is -4.72. The van der Waals surface area contributed by atoms with Crippen LogP contribution in [0.15, 0.2) is 48.5 Å². The minimum Gasteiger partial charge on any atom is -0.508 e. The molecule has 162 valence electrons. The molecule has 0 aliphatic heterocycles. The zero-order chi connectivity index (χ0) is 22.2. The van der Waals surface area contributed by atoms with E-state index in [1.807, 2.05) is 0 Å². The molecule has 0 bridgehead atoms. The number of phenols is 2. The summed E-state index contributed by atoms with van der Waals surface area (Å²) in [6.07, 6.45) is -4.46. The number of hydrogen-bond donors (Lipinski definition) is 2. The quantitative estimate of drug-likeness (QED) is 0.309. The number of ether oxygens (including phenoxy) is 2. The third kappa shape index (κ3) is 4.56. The predicted octanol–water partition coefficient (Wildman–Crippen LogP) is 5.19. The number of aromatic nitrogens is 1. The number of nitrogens with zero attached hydrogens (tertiary/aromatic N) is 1. The Hall–Kier alpha value is -3.33. The fourth-order valence-electron chi connectivity index (χ4n) is 3.20. The first-order valence-electron chi connectivity index (χ1n) is 9.33. The normalized spacial score (nSPS) is 13.5. The van der Waals surface area contributed by atoms with Crippen LogP contribution in [0.5, 0.6) is 23.1 Å². The third-order valence-corrected chi connectivity index (χ3v) is 4.89. The van der Waals surface area contributed by atoms with Crippen molar-refractivity contribution in [3.05, 3.63) is 76.7 Å². The van der Waals surface area contributed by atoms with Gasteiger partial charge in [-0.15, -0.1) is 0 Å². The van der Waals surface area contributed by atoms with Crippen molar-refractivity contribution in [1.82, 2.24) is 4.98 Å². The van der Waals surface area contributed by atoms with Gasteiger partial charge in [0, 0.05) is 23.1 Å². The van der Waals surface area contributed by atoms with E-state index >= 15 is 0 Å². The van der Waals surface area contributed by atoms with Crippen molar-refractivity contribution in [2.24, 2.45) is 0 Å². The number of aromatic hydroxyl groups is 2. The number of halogens is 4. The molecule has 0 spiro atoms. The van der Waals surface area contributed by atoms with E-state index < -0.39 is 35.8 Å². The number of benzene rings is 2. The maximum atomic E-state index is 14.0. The van der Waals surface area contributed by atoms with Crippen LogP contribution in [0.2, 0.25) is 0 Å². The molecule has 1 aromatic heterocycles. The van der Waals surface area contributed by atoms with Crippen molar-refractivity contribution in [2.45, 2.75) is 25.1 Å². The Morgan fingerprint density at radius 1 is 1.03 bits per heavy atom. The Bertz CT molecular complexity index is 1100. The van der Waals surface area contributed by atoms with Gasteiger partial charge in [0.25, 0.3) is 5.88 Å². The van der Waals surface area contributed by atoms with E-state index in [4.69, 9.17) is 9.47 Å². The molecule has 0 saturated carbocycles. The largest absolute Gasteiger partial charge is 0.508 e. The molecule has 0 radical (unpaired) electrons. The fourth-order valence-corrected chi connectivity index (χ4v) is 3.20. The fraction of sp³-hybridized carbons (Fsp3) is 0.227. The summed E-state index contributed by atoms with van der Waals surface area (Å²) in [6, 6.07) is 11.6. The van der Waals surface area contributed by atoms with Gasteiger partial charge in [-0.1, -0.05) is 18.2 Å². The molecule has 1 heterocycles. The van der Waals surface area contributed by atoms with Crippen LogP contribution in [0.25, 0.3) is 0 Å². The summed E-state index contributed by atoms with van der Waals surface area (Å²) in [5.41, 5.74) is 0.485. The topological polar surface area (TPSA) is 71.8 Å². The number of phenolic OH excluding ortho intramolecular Hbond substituents is 2. The molecule has 0 saturated heterocycles. The number of hydrogen-bond acceptors (Lipinski definition) is 5. The lowest BCUT2D eigenvalue weighted by molar-refractivity contribution is -0.164. The molecule has 1 unspecified atom stereocenters. The van der Waals surface area contributed by atoms with Gasteiger partial charge in [0.2, 0.25) is 0 Å². The third-order valence-electron chi connectivity index (χ3n) is 4.89. The van der Waals surface area contributed by atoms with Crippen LogP contribution in [0, 0.1) is 5.82 Å². The second kappa shape index (κ2) is 8.07. The molecule has 3 aromatic rings. The highest BCUT2D eigenvalue weighted by Gasteiger charge is 2.44. The summed E-state index contributed by atoms with van der Waals surface area (Å²) in [5, 5.41) is 19.9.